The number of amides is 1. The van der Waals surface area contributed by atoms with Crippen LogP contribution in [0, 0.1) is 13.8 Å². The summed E-state index contributed by atoms with van der Waals surface area (Å²) in [6.07, 6.45) is 1.84. The van der Waals surface area contributed by atoms with Crippen LogP contribution in [0.2, 0.25) is 0 Å². The second kappa shape index (κ2) is 5.65. The lowest BCUT2D eigenvalue weighted by atomic mass is 10.3. The van der Waals surface area contributed by atoms with Crippen LogP contribution < -0.4 is 10.6 Å². The van der Waals surface area contributed by atoms with Crippen LogP contribution in [0.3, 0.4) is 0 Å². The van der Waals surface area contributed by atoms with Gasteiger partial charge in [-0.25, -0.2) is 4.98 Å². The Morgan fingerprint density at radius 3 is 2.75 bits per heavy atom. The molecule has 0 saturated heterocycles. The monoisotopic (exact) mass is 224 g/mol. The van der Waals surface area contributed by atoms with Crippen LogP contribution in [0.4, 0.5) is 0 Å². The summed E-state index contributed by atoms with van der Waals surface area (Å²) in [6.45, 7) is 7.27. The summed E-state index contributed by atoms with van der Waals surface area (Å²) in [5, 5.41) is 5.74. The lowest BCUT2D eigenvalue weighted by molar-refractivity contribution is -0.119. The maximum Gasteiger partial charge on any atom is 0.233 e. The van der Waals surface area contributed by atoms with Gasteiger partial charge in [0.05, 0.1) is 18.6 Å². The third-order valence-corrected chi connectivity index (χ3v) is 2.71. The molecule has 0 aliphatic heterocycles. The Balaban J connectivity index is 2.42. The first-order chi connectivity index (χ1) is 7.54. The third kappa shape index (κ3) is 3.34. The molecule has 0 fully saturated rings. The Bertz CT molecular complexity index is 359. The quantitative estimate of drug-likeness (QED) is 0.752. The molecule has 1 aromatic heterocycles. The highest BCUT2D eigenvalue weighted by Gasteiger charge is 2.07. The molecule has 0 spiro atoms. The highest BCUT2D eigenvalue weighted by molar-refractivity contribution is 5.77. The molecule has 1 aromatic rings. The molecule has 0 saturated carbocycles. The number of carbonyl (C=O) groups excluding carboxylic acids is 1. The minimum absolute atomic E-state index is 0.00498. The first kappa shape index (κ1) is 12.7. The topological polar surface area (TPSA) is 59.0 Å². The van der Waals surface area contributed by atoms with Gasteiger partial charge in [0, 0.05) is 25.3 Å². The molecule has 0 bridgehead atoms. The van der Waals surface area contributed by atoms with Crippen molar-refractivity contribution in [1.29, 1.82) is 0 Å². The molecule has 1 atom stereocenters. The van der Waals surface area contributed by atoms with E-state index in [2.05, 4.69) is 27.1 Å². The number of nitrogens with one attached hydrogen (secondary N) is 2. The van der Waals surface area contributed by atoms with Crippen LogP contribution in [0.15, 0.2) is 6.33 Å². The van der Waals surface area contributed by atoms with Crippen LogP contribution in [0.25, 0.3) is 0 Å². The summed E-state index contributed by atoms with van der Waals surface area (Å²) in [5.74, 6) is 0.00498. The van der Waals surface area contributed by atoms with Crippen molar-refractivity contribution in [2.24, 2.45) is 0 Å². The fourth-order valence-corrected chi connectivity index (χ4v) is 1.44. The number of imidazole rings is 1. The molecular formula is C11H20N4O. The highest BCUT2D eigenvalue weighted by Crippen LogP contribution is 2.04. The first-order valence-electron chi connectivity index (χ1n) is 5.47. The number of carbonyl (C=O) groups is 1. The van der Waals surface area contributed by atoms with Crippen LogP contribution in [0.1, 0.15) is 18.3 Å². The van der Waals surface area contributed by atoms with Crippen molar-refractivity contribution in [2.45, 2.75) is 33.4 Å². The summed E-state index contributed by atoms with van der Waals surface area (Å²) in [6, 6.07) is 0.240. The van der Waals surface area contributed by atoms with E-state index < -0.39 is 0 Å². The maximum absolute atomic E-state index is 11.0. The molecule has 1 amide bonds. The minimum Gasteiger partial charge on any atom is -0.358 e. The number of hydrogen-bond acceptors (Lipinski definition) is 3. The number of aromatic nitrogens is 2. The van der Waals surface area contributed by atoms with Crippen molar-refractivity contribution < 1.29 is 4.79 Å². The van der Waals surface area contributed by atoms with Gasteiger partial charge in [0.15, 0.2) is 0 Å². The minimum atomic E-state index is 0.00498. The average Bonchev–Trinajstić information content (AvgIpc) is 2.57. The molecule has 16 heavy (non-hydrogen) atoms. The fraction of sp³-hybridized carbons (Fsp3) is 0.636. The van der Waals surface area contributed by atoms with Gasteiger partial charge in [0.25, 0.3) is 0 Å². The largest absolute Gasteiger partial charge is 0.358 e. The van der Waals surface area contributed by atoms with E-state index in [1.54, 1.807) is 7.05 Å². The molecule has 0 radical (unpaired) electrons. The lowest BCUT2D eigenvalue weighted by Crippen LogP contribution is -2.38. The highest BCUT2D eigenvalue weighted by atomic mass is 16.1. The van der Waals surface area contributed by atoms with Gasteiger partial charge in [-0.05, 0) is 20.8 Å². The molecular weight excluding hydrogens is 204 g/mol. The van der Waals surface area contributed by atoms with Crippen molar-refractivity contribution in [1.82, 2.24) is 20.2 Å². The molecule has 1 heterocycles. The molecule has 2 N–H and O–H groups in total. The maximum atomic E-state index is 11.0. The SMILES string of the molecule is CNC(=O)CNC(C)Cn1cnc(C)c1C. The molecule has 1 rings (SSSR count). The standard InChI is InChI=1S/C11H20N4O/c1-8(13-5-11(16)12-4)6-15-7-14-9(2)10(15)3/h7-8,13H,5-6H2,1-4H3,(H,12,16). The zero-order valence-corrected chi connectivity index (χ0v) is 10.4. The Morgan fingerprint density at radius 1 is 1.56 bits per heavy atom. The van der Waals surface area contributed by atoms with E-state index in [0.717, 1.165) is 12.2 Å². The number of likely N-dealkylation sites (N-methyl/N-ethyl adjacent to an activating group) is 1. The van der Waals surface area contributed by atoms with Crippen molar-refractivity contribution in [3.63, 3.8) is 0 Å². The molecule has 0 aliphatic rings. The van der Waals surface area contributed by atoms with E-state index in [1.807, 2.05) is 20.2 Å². The number of rotatable bonds is 5. The fourth-order valence-electron chi connectivity index (χ4n) is 1.44. The number of hydrogen-bond donors (Lipinski definition) is 2. The average molecular weight is 224 g/mol. The van der Waals surface area contributed by atoms with Crippen LogP contribution in [0.5, 0.6) is 0 Å². The molecule has 1 unspecified atom stereocenters. The normalized spacial score (nSPS) is 12.5. The van der Waals surface area contributed by atoms with Crippen molar-refractivity contribution in [3.8, 4) is 0 Å². The van der Waals surface area contributed by atoms with Gasteiger partial charge >= 0.3 is 0 Å². The molecule has 90 valence electrons. The molecule has 5 heteroatoms. The van der Waals surface area contributed by atoms with Gasteiger partial charge in [-0.15, -0.1) is 0 Å². The molecule has 5 nitrogen and oxygen atoms in total. The van der Waals surface area contributed by atoms with Gasteiger partial charge < -0.3 is 15.2 Å². The lowest BCUT2D eigenvalue weighted by Gasteiger charge is -2.15. The smallest absolute Gasteiger partial charge is 0.233 e. The Labute approximate surface area is 96.3 Å². The summed E-state index contributed by atoms with van der Waals surface area (Å²) in [4.78, 5) is 15.3. The molecule has 0 aromatic carbocycles. The van der Waals surface area contributed by atoms with Gasteiger partial charge in [0.2, 0.25) is 5.91 Å². The van der Waals surface area contributed by atoms with Gasteiger partial charge in [-0.3, -0.25) is 4.79 Å². The second-order valence-electron chi connectivity index (χ2n) is 4.02. The van der Waals surface area contributed by atoms with E-state index in [9.17, 15) is 4.79 Å². The van der Waals surface area contributed by atoms with Gasteiger partial charge in [0.1, 0.15) is 0 Å². The summed E-state index contributed by atoms with van der Waals surface area (Å²) < 4.78 is 2.09. The zero-order valence-electron chi connectivity index (χ0n) is 10.4. The third-order valence-electron chi connectivity index (χ3n) is 2.71. The van der Waals surface area contributed by atoms with E-state index in [-0.39, 0.29) is 11.9 Å². The summed E-state index contributed by atoms with van der Waals surface area (Å²) in [7, 11) is 1.64. The van der Waals surface area contributed by atoms with Gasteiger partial charge in [-0.1, -0.05) is 0 Å². The summed E-state index contributed by atoms with van der Waals surface area (Å²) >= 11 is 0. The van der Waals surface area contributed by atoms with E-state index in [0.29, 0.717) is 6.54 Å². The predicted molar refractivity (Wildman–Crippen MR) is 63.2 cm³/mol. The van der Waals surface area contributed by atoms with E-state index >= 15 is 0 Å². The van der Waals surface area contributed by atoms with E-state index in [1.165, 1.54) is 5.69 Å². The van der Waals surface area contributed by atoms with Crippen LogP contribution in [-0.2, 0) is 11.3 Å². The Hall–Kier alpha value is -1.36. The zero-order chi connectivity index (χ0) is 12.1. The van der Waals surface area contributed by atoms with Crippen molar-refractivity contribution >= 4 is 5.91 Å². The van der Waals surface area contributed by atoms with Crippen molar-refractivity contribution in [2.75, 3.05) is 13.6 Å². The number of aryl methyl sites for hydroxylation is 1. The molecule has 0 aliphatic carbocycles. The second-order valence-corrected chi connectivity index (χ2v) is 4.02. The first-order valence-corrected chi connectivity index (χ1v) is 5.47. The van der Waals surface area contributed by atoms with Gasteiger partial charge in [-0.2, -0.15) is 0 Å². The summed E-state index contributed by atoms with van der Waals surface area (Å²) in [5.41, 5.74) is 2.23. The Morgan fingerprint density at radius 2 is 2.25 bits per heavy atom. The predicted octanol–water partition coefficient (Wildman–Crippen LogP) is 0.224. The van der Waals surface area contributed by atoms with E-state index in [4.69, 9.17) is 0 Å². The van der Waals surface area contributed by atoms with Crippen LogP contribution >= 0.6 is 0 Å². The van der Waals surface area contributed by atoms with Crippen LogP contribution in [-0.4, -0.2) is 35.1 Å². The Kier molecular flexibility index (Phi) is 4.49. The van der Waals surface area contributed by atoms with Crippen molar-refractivity contribution in [3.05, 3.63) is 17.7 Å². The number of nitrogens with zero attached hydrogens (tertiary/aromatic N) is 2.